The number of hydrogen-bond donors (Lipinski definition) is 2. The SMILES string of the molecule is CNS(=O)(=O)c1cccc(C(=O)NCc2ccnc(Oc3ccccc3F)c2)c1. The van der Waals surface area contributed by atoms with Gasteiger partial charge in [-0.3, -0.25) is 4.79 Å². The summed E-state index contributed by atoms with van der Waals surface area (Å²) in [5.41, 5.74) is 0.886. The van der Waals surface area contributed by atoms with E-state index in [0.29, 0.717) is 5.56 Å². The Balaban J connectivity index is 1.68. The molecule has 0 atom stereocenters. The van der Waals surface area contributed by atoms with Gasteiger partial charge in [-0.1, -0.05) is 18.2 Å². The van der Waals surface area contributed by atoms with E-state index < -0.39 is 21.7 Å². The zero-order valence-electron chi connectivity index (χ0n) is 15.4. The number of ether oxygens (including phenoxy) is 1. The fraction of sp³-hybridized carbons (Fsp3) is 0.100. The van der Waals surface area contributed by atoms with Gasteiger partial charge in [0.2, 0.25) is 15.9 Å². The van der Waals surface area contributed by atoms with E-state index in [1.54, 1.807) is 24.3 Å². The second-order valence-corrected chi connectivity index (χ2v) is 7.84. The van der Waals surface area contributed by atoms with Crippen LogP contribution in [0.5, 0.6) is 11.6 Å². The molecule has 150 valence electrons. The van der Waals surface area contributed by atoms with Crippen molar-refractivity contribution in [2.45, 2.75) is 11.4 Å². The van der Waals surface area contributed by atoms with Gasteiger partial charge in [-0.25, -0.2) is 22.5 Å². The van der Waals surface area contributed by atoms with Crippen molar-refractivity contribution in [1.82, 2.24) is 15.0 Å². The minimum absolute atomic E-state index is 0.00265. The summed E-state index contributed by atoms with van der Waals surface area (Å²) in [6.45, 7) is 0.151. The molecule has 0 spiro atoms. The molecular formula is C20H18FN3O4S. The lowest BCUT2D eigenvalue weighted by molar-refractivity contribution is 0.0950. The molecule has 0 fully saturated rings. The van der Waals surface area contributed by atoms with Gasteiger partial charge in [0.1, 0.15) is 0 Å². The second-order valence-electron chi connectivity index (χ2n) is 5.95. The standard InChI is InChI=1S/C20H18FN3O4S/c1-22-29(26,27)16-6-4-5-15(12-16)20(25)24-13-14-9-10-23-19(11-14)28-18-8-3-2-7-17(18)21/h2-12,22H,13H2,1H3,(H,24,25). The zero-order valence-corrected chi connectivity index (χ0v) is 16.2. The molecule has 0 saturated carbocycles. The van der Waals surface area contributed by atoms with E-state index >= 15 is 0 Å². The van der Waals surface area contributed by atoms with Crippen LogP contribution in [0.3, 0.4) is 0 Å². The highest BCUT2D eigenvalue weighted by atomic mass is 32.2. The number of halogens is 1. The van der Waals surface area contributed by atoms with Crippen molar-refractivity contribution in [3.05, 3.63) is 83.8 Å². The van der Waals surface area contributed by atoms with Crippen molar-refractivity contribution in [3.63, 3.8) is 0 Å². The van der Waals surface area contributed by atoms with E-state index in [4.69, 9.17) is 4.74 Å². The van der Waals surface area contributed by atoms with Gasteiger partial charge < -0.3 is 10.1 Å². The lowest BCUT2D eigenvalue weighted by Crippen LogP contribution is -2.24. The van der Waals surface area contributed by atoms with E-state index in [0.717, 1.165) is 0 Å². The zero-order chi connectivity index (χ0) is 20.9. The molecule has 3 aromatic rings. The van der Waals surface area contributed by atoms with Crippen LogP contribution in [0.15, 0.2) is 71.8 Å². The normalized spacial score (nSPS) is 11.1. The number of nitrogens with zero attached hydrogens (tertiary/aromatic N) is 1. The number of sulfonamides is 1. The average Bonchev–Trinajstić information content (AvgIpc) is 2.74. The summed E-state index contributed by atoms with van der Waals surface area (Å²) < 4.78 is 45.1. The molecule has 0 aliphatic rings. The molecule has 1 amide bonds. The van der Waals surface area contributed by atoms with E-state index in [1.165, 1.54) is 49.6 Å². The maximum Gasteiger partial charge on any atom is 0.251 e. The number of rotatable bonds is 7. The molecule has 3 rings (SSSR count). The molecule has 1 aromatic heterocycles. The molecule has 9 heteroatoms. The number of pyridine rings is 1. The third kappa shape index (κ3) is 5.15. The number of carbonyl (C=O) groups excluding carboxylic acids is 1. The molecule has 0 radical (unpaired) electrons. The van der Waals surface area contributed by atoms with Gasteiger partial charge in [0, 0.05) is 24.4 Å². The van der Waals surface area contributed by atoms with E-state index in [1.807, 2.05) is 0 Å². The Morgan fingerprint density at radius 2 is 1.90 bits per heavy atom. The quantitative estimate of drug-likeness (QED) is 0.619. The van der Waals surface area contributed by atoms with E-state index in [-0.39, 0.29) is 28.6 Å². The van der Waals surface area contributed by atoms with Crippen molar-refractivity contribution in [2.75, 3.05) is 7.05 Å². The number of benzene rings is 2. The van der Waals surface area contributed by atoms with Crippen LogP contribution < -0.4 is 14.8 Å². The smallest absolute Gasteiger partial charge is 0.251 e. The second kappa shape index (κ2) is 8.80. The first kappa shape index (κ1) is 20.4. The van der Waals surface area contributed by atoms with Crippen LogP contribution >= 0.6 is 0 Å². The summed E-state index contributed by atoms with van der Waals surface area (Å²) >= 11 is 0. The van der Waals surface area contributed by atoms with Gasteiger partial charge in [-0.2, -0.15) is 0 Å². The van der Waals surface area contributed by atoms with Crippen molar-refractivity contribution >= 4 is 15.9 Å². The Labute approximate surface area is 167 Å². The van der Waals surface area contributed by atoms with Gasteiger partial charge in [-0.15, -0.1) is 0 Å². The van der Waals surface area contributed by atoms with Crippen molar-refractivity contribution in [1.29, 1.82) is 0 Å². The van der Waals surface area contributed by atoms with Crippen molar-refractivity contribution in [2.24, 2.45) is 0 Å². The molecule has 2 N–H and O–H groups in total. The molecular weight excluding hydrogens is 397 g/mol. The minimum Gasteiger partial charge on any atom is -0.436 e. The maximum absolute atomic E-state index is 13.7. The van der Waals surface area contributed by atoms with Crippen LogP contribution in [0.25, 0.3) is 0 Å². The molecule has 0 unspecified atom stereocenters. The van der Waals surface area contributed by atoms with E-state index in [2.05, 4.69) is 15.0 Å². The van der Waals surface area contributed by atoms with Crippen LogP contribution in [-0.2, 0) is 16.6 Å². The summed E-state index contributed by atoms with van der Waals surface area (Å²) in [4.78, 5) is 16.4. The Kier molecular flexibility index (Phi) is 6.20. The summed E-state index contributed by atoms with van der Waals surface area (Å²) in [7, 11) is -2.35. The number of aromatic nitrogens is 1. The number of hydrogen-bond acceptors (Lipinski definition) is 5. The number of carbonyl (C=O) groups is 1. The first-order valence-electron chi connectivity index (χ1n) is 8.58. The third-order valence-corrected chi connectivity index (χ3v) is 5.39. The average molecular weight is 415 g/mol. The fourth-order valence-corrected chi connectivity index (χ4v) is 3.24. The maximum atomic E-state index is 13.7. The Hall–Kier alpha value is -3.30. The number of amides is 1. The first-order chi connectivity index (χ1) is 13.9. The Bertz CT molecular complexity index is 1140. The lowest BCUT2D eigenvalue weighted by Gasteiger charge is -2.09. The fourth-order valence-electron chi connectivity index (χ4n) is 2.46. The topological polar surface area (TPSA) is 97.4 Å². The molecule has 0 saturated heterocycles. The predicted octanol–water partition coefficient (Wildman–Crippen LogP) is 2.85. The van der Waals surface area contributed by atoms with Crippen LogP contribution in [-0.4, -0.2) is 26.4 Å². The molecule has 29 heavy (non-hydrogen) atoms. The molecule has 2 aromatic carbocycles. The number of nitrogens with one attached hydrogen (secondary N) is 2. The minimum atomic E-state index is -3.65. The largest absolute Gasteiger partial charge is 0.436 e. The molecule has 7 nitrogen and oxygen atoms in total. The van der Waals surface area contributed by atoms with Crippen LogP contribution in [0.2, 0.25) is 0 Å². The highest BCUT2D eigenvalue weighted by Crippen LogP contribution is 2.22. The van der Waals surface area contributed by atoms with Gasteiger partial charge >= 0.3 is 0 Å². The summed E-state index contributed by atoms with van der Waals surface area (Å²) in [6, 6.07) is 14.9. The summed E-state index contributed by atoms with van der Waals surface area (Å²) in [5.74, 6) is -0.719. The van der Waals surface area contributed by atoms with Gasteiger partial charge in [0.15, 0.2) is 11.6 Å². The van der Waals surface area contributed by atoms with Crippen LogP contribution in [0.1, 0.15) is 15.9 Å². The van der Waals surface area contributed by atoms with Crippen LogP contribution in [0, 0.1) is 5.82 Å². The Morgan fingerprint density at radius 1 is 1.10 bits per heavy atom. The lowest BCUT2D eigenvalue weighted by atomic mass is 10.2. The van der Waals surface area contributed by atoms with Gasteiger partial charge in [0.05, 0.1) is 4.90 Å². The van der Waals surface area contributed by atoms with Gasteiger partial charge in [0.25, 0.3) is 5.91 Å². The third-order valence-electron chi connectivity index (χ3n) is 3.98. The predicted molar refractivity (Wildman–Crippen MR) is 105 cm³/mol. The monoisotopic (exact) mass is 415 g/mol. The van der Waals surface area contributed by atoms with E-state index in [9.17, 15) is 17.6 Å². The summed E-state index contributed by atoms with van der Waals surface area (Å²) in [6.07, 6.45) is 1.48. The van der Waals surface area contributed by atoms with Crippen molar-refractivity contribution < 1.29 is 22.3 Å². The molecule has 0 aliphatic heterocycles. The Morgan fingerprint density at radius 3 is 2.66 bits per heavy atom. The molecule has 1 heterocycles. The van der Waals surface area contributed by atoms with Crippen LogP contribution in [0.4, 0.5) is 4.39 Å². The highest BCUT2D eigenvalue weighted by molar-refractivity contribution is 7.89. The highest BCUT2D eigenvalue weighted by Gasteiger charge is 2.14. The van der Waals surface area contributed by atoms with Crippen molar-refractivity contribution in [3.8, 4) is 11.6 Å². The summed E-state index contributed by atoms with van der Waals surface area (Å²) in [5, 5.41) is 2.70. The molecule has 0 aliphatic carbocycles. The number of para-hydroxylation sites is 1. The molecule has 0 bridgehead atoms. The van der Waals surface area contributed by atoms with Gasteiger partial charge in [-0.05, 0) is 49.0 Å². The first-order valence-corrected chi connectivity index (χ1v) is 10.1.